The topological polar surface area (TPSA) is 25.9 Å². The van der Waals surface area contributed by atoms with Gasteiger partial charge in [-0.1, -0.05) is 296 Å². The van der Waals surface area contributed by atoms with Crippen molar-refractivity contribution in [1.29, 1.82) is 0 Å². The van der Waals surface area contributed by atoms with Crippen molar-refractivity contribution >= 4 is 0 Å². The fraction of sp³-hybridized carbons (Fsp3) is 0.521. The van der Waals surface area contributed by atoms with Crippen molar-refractivity contribution < 1.29 is 0 Å². The molecule has 0 aliphatic carbocycles. The maximum atomic E-state index is 3.76. The van der Waals surface area contributed by atoms with E-state index in [1.807, 2.05) is 84.1 Å². The van der Waals surface area contributed by atoms with Crippen molar-refractivity contribution in [3.8, 4) is 0 Å². The van der Waals surface area contributed by atoms with Crippen molar-refractivity contribution in [2.24, 2.45) is 0 Å². The summed E-state index contributed by atoms with van der Waals surface area (Å²) >= 11 is 0. The lowest BCUT2D eigenvalue weighted by Gasteiger charge is -2.39. The first-order valence-electron chi connectivity index (χ1n) is 39.7. The Morgan fingerprint density at radius 3 is 0.865 bits per heavy atom. The maximum Gasteiger partial charge on any atom is 0.0240 e. The number of likely N-dealkylation sites (tertiary alicyclic amines) is 4. The van der Waals surface area contributed by atoms with Crippen LogP contribution in [0.3, 0.4) is 0 Å². The standard InChI is InChI=1S/2C14H21N.C14H19N.C13H20N2.C13H19N.C12H17N.C7H8.C3H9N.2C2H6.2CH4/c1-12-7-6-8-13(2)15(12)11-14-9-4-3-5-10-14;1-13-6-8-14(9-7-13)12-15-10-4-2-3-5-11-15;1-4-10-15(11-5-2)12-14-8-6-13(3)7-9-14;1-12-3-5-13(6-4-12)11-15-9-7-14(2)8-10-15;1-12-5-7-13(8-6-12)11-14-9-3-2-4-10-14;1-11-4-6-12(7-5-11)10-13-8-2-3-9-13;1-7-5-3-2-4-6-7;1-4(2)3;2*1-2;;/h3-5,9-10,12-13H,6-8,11H2,1-2H3;6-9H,2-5,10-12H2,1H3;4-9H,1-2,10-12H2,3H3;3-6H,7-11H2,1-2H3;5-8H,2-4,9-11H2,1H3;4-7H,2-3,8-10H2,1H3;2-6H,1H3;1-3H3;2*1-2H3;2*1H4. The molecule has 8 nitrogen and oxygen atoms in total. The molecule has 0 bridgehead atoms. The molecule has 8 heteroatoms. The first-order chi connectivity index (χ1) is 49.4. The minimum atomic E-state index is 0. The average molecular weight is 1420 g/mol. The zero-order valence-electron chi connectivity index (χ0n) is 67.8. The van der Waals surface area contributed by atoms with Gasteiger partial charge in [-0.2, -0.15) is 0 Å². The number of hydrogen-bond donors (Lipinski definition) is 0. The molecule has 0 aromatic heterocycles. The summed E-state index contributed by atoms with van der Waals surface area (Å²) in [5, 5.41) is 0. The Kier molecular flexibility index (Phi) is 55.0. The third-order valence-corrected chi connectivity index (χ3v) is 18.9. The van der Waals surface area contributed by atoms with Gasteiger partial charge in [-0.25, -0.2) is 0 Å². The van der Waals surface area contributed by atoms with Gasteiger partial charge in [0.15, 0.2) is 0 Å². The molecule has 0 amide bonds. The van der Waals surface area contributed by atoms with Gasteiger partial charge in [-0.05, 0) is 208 Å². The Labute approximate surface area is 642 Å². The quantitative estimate of drug-likeness (QED) is 0.0883. The van der Waals surface area contributed by atoms with Crippen LogP contribution in [0.1, 0.15) is 200 Å². The van der Waals surface area contributed by atoms with Crippen molar-refractivity contribution in [2.45, 2.75) is 226 Å². The van der Waals surface area contributed by atoms with Crippen LogP contribution in [-0.4, -0.2) is 158 Å². The lowest BCUT2D eigenvalue weighted by atomic mass is 9.97. The molecule has 5 fully saturated rings. The van der Waals surface area contributed by atoms with E-state index in [1.54, 1.807) is 0 Å². The molecule has 578 valence electrons. The Balaban J connectivity index is 0.000000598. The van der Waals surface area contributed by atoms with Crippen LogP contribution < -0.4 is 0 Å². The second-order valence-corrected chi connectivity index (χ2v) is 29.1. The Bertz CT molecular complexity index is 3040. The largest absolute Gasteiger partial charge is 0.312 e. The lowest BCUT2D eigenvalue weighted by molar-refractivity contribution is 0.0953. The molecule has 104 heavy (non-hydrogen) atoms. The second kappa shape index (κ2) is 59.8. The zero-order valence-corrected chi connectivity index (χ0v) is 67.8. The van der Waals surface area contributed by atoms with Gasteiger partial charge in [0.05, 0.1) is 0 Å². The van der Waals surface area contributed by atoms with E-state index < -0.39 is 0 Å². The molecule has 0 N–H and O–H groups in total. The van der Waals surface area contributed by atoms with Gasteiger partial charge in [0.2, 0.25) is 0 Å². The molecule has 5 aliphatic rings. The fourth-order valence-electron chi connectivity index (χ4n) is 12.8. The van der Waals surface area contributed by atoms with Gasteiger partial charge >= 0.3 is 0 Å². The van der Waals surface area contributed by atoms with Crippen molar-refractivity contribution in [1.82, 2.24) is 39.2 Å². The minimum absolute atomic E-state index is 0. The van der Waals surface area contributed by atoms with Gasteiger partial charge in [0, 0.05) is 90.6 Å². The average Bonchev–Trinajstić information content (AvgIpc) is 0.992. The highest BCUT2D eigenvalue weighted by atomic mass is 15.2. The molecule has 0 radical (unpaired) electrons. The van der Waals surface area contributed by atoms with Crippen LogP contribution in [0.25, 0.3) is 0 Å². The number of hydrogen-bond acceptors (Lipinski definition) is 8. The highest BCUT2D eigenvalue weighted by Gasteiger charge is 2.24. The smallest absolute Gasteiger partial charge is 0.0240 e. The van der Waals surface area contributed by atoms with Crippen LogP contribution >= 0.6 is 0 Å². The van der Waals surface area contributed by atoms with Crippen LogP contribution in [0.15, 0.2) is 207 Å². The molecule has 0 spiro atoms. The summed E-state index contributed by atoms with van der Waals surface area (Å²) in [5.74, 6) is 0. The SMILES string of the molecule is C.C.C=CCN(CC=C)Cc1ccc(C)cc1.CC.CC.CC1CCCC(C)N1Cc1ccccc1.CN(C)C.Cc1ccc(CN2CCCC2)cc1.Cc1ccc(CN2CCCCC2)cc1.Cc1ccc(CN2CCCCCC2)cc1.Cc1ccc(CN2CCN(C)CC2)cc1.Cc1ccccc1. The predicted octanol–water partition coefficient (Wildman–Crippen LogP) is 22.8. The number of rotatable bonds is 16. The molecule has 5 heterocycles. The van der Waals surface area contributed by atoms with Gasteiger partial charge in [-0.3, -0.25) is 29.4 Å². The van der Waals surface area contributed by atoms with Crippen LogP contribution in [0.5, 0.6) is 0 Å². The number of benzene rings is 7. The second-order valence-electron chi connectivity index (χ2n) is 29.1. The minimum Gasteiger partial charge on any atom is -0.312 e. The van der Waals surface area contributed by atoms with Crippen LogP contribution in [0, 0.1) is 41.5 Å². The predicted molar refractivity (Wildman–Crippen MR) is 463 cm³/mol. The number of likely N-dealkylation sites (N-methyl/N-ethyl adjacent to an activating group) is 1. The molecule has 7 aromatic carbocycles. The van der Waals surface area contributed by atoms with Gasteiger partial charge in [0.25, 0.3) is 0 Å². The van der Waals surface area contributed by atoms with Crippen molar-refractivity contribution in [3.05, 3.63) is 274 Å². The highest BCUT2D eigenvalue weighted by Crippen LogP contribution is 2.25. The summed E-state index contributed by atoms with van der Waals surface area (Å²) in [6, 6.07) is 66.9. The van der Waals surface area contributed by atoms with E-state index >= 15 is 0 Å². The molecule has 0 saturated carbocycles. The molecule has 5 aliphatic heterocycles. The van der Waals surface area contributed by atoms with E-state index in [1.165, 1.54) is 209 Å². The van der Waals surface area contributed by atoms with Crippen LogP contribution in [0.2, 0.25) is 0 Å². The molecule has 7 aromatic rings. The normalized spacial score (nSPS) is 16.8. The summed E-state index contributed by atoms with van der Waals surface area (Å²) in [5.41, 5.74) is 16.6. The molecule has 2 unspecified atom stereocenters. The third-order valence-electron chi connectivity index (χ3n) is 18.9. The molecular formula is C96H154N8. The maximum absolute atomic E-state index is 3.76. The third kappa shape index (κ3) is 45.3. The number of nitrogens with zero attached hydrogens (tertiary/aromatic N) is 8. The monoisotopic (exact) mass is 1420 g/mol. The molecular weight excluding hydrogens is 1270 g/mol. The number of aryl methyl sites for hydroxylation is 6. The Hall–Kier alpha value is -6.30. The van der Waals surface area contributed by atoms with E-state index in [4.69, 9.17) is 0 Å². The van der Waals surface area contributed by atoms with Gasteiger partial charge < -0.3 is 9.80 Å². The summed E-state index contributed by atoms with van der Waals surface area (Å²) in [4.78, 5) is 19.6. The lowest BCUT2D eigenvalue weighted by Crippen LogP contribution is -2.43. The van der Waals surface area contributed by atoms with Crippen molar-refractivity contribution in [3.63, 3.8) is 0 Å². The first-order valence-corrected chi connectivity index (χ1v) is 39.7. The van der Waals surface area contributed by atoms with Gasteiger partial charge in [-0.15, -0.1) is 13.2 Å². The van der Waals surface area contributed by atoms with E-state index in [0.717, 1.165) is 64.4 Å². The molecule has 2 atom stereocenters. The van der Waals surface area contributed by atoms with Crippen LogP contribution in [-0.2, 0) is 39.3 Å². The number of piperidine rings is 2. The first kappa shape index (κ1) is 95.7. The van der Waals surface area contributed by atoms with Gasteiger partial charge in [0.1, 0.15) is 0 Å². The van der Waals surface area contributed by atoms with E-state index in [-0.39, 0.29) is 14.9 Å². The summed E-state index contributed by atoms with van der Waals surface area (Å²) < 4.78 is 0. The summed E-state index contributed by atoms with van der Waals surface area (Å²) in [7, 11) is 8.20. The Morgan fingerprint density at radius 1 is 0.327 bits per heavy atom. The van der Waals surface area contributed by atoms with E-state index in [2.05, 4.69) is 274 Å². The molecule has 12 rings (SSSR count). The fourth-order valence-corrected chi connectivity index (χ4v) is 12.8. The highest BCUT2D eigenvalue weighted by molar-refractivity contribution is 5.25. The zero-order chi connectivity index (χ0) is 74.5. The Morgan fingerprint density at radius 2 is 0.577 bits per heavy atom. The summed E-state index contributed by atoms with van der Waals surface area (Å²) in [6.07, 6.45) is 20.5. The molecule has 5 saturated heterocycles. The van der Waals surface area contributed by atoms with Crippen LogP contribution in [0.4, 0.5) is 0 Å². The number of piperazine rings is 1. The van der Waals surface area contributed by atoms with E-state index in [0.29, 0.717) is 0 Å². The van der Waals surface area contributed by atoms with Crippen molar-refractivity contribution in [2.75, 3.05) is 107 Å². The summed E-state index contributed by atoms with van der Waals surface area (Å²) in [6.45, 7) is 53.9. The van der Waals surface area contributed by atoms with E-state index in [9.17, 15) is 0 Å².